The maximum absolute atomic E-state index is 13.3. The Labute approximate surface area is 139 Å². The fraction of sp³-hybridized carbons (Fsp3) is 0.444. The molecule has 24 heavy (non-hydrogen) atoms. The van der Waals surface area contributed by atoms with Crippen LogP contribution in [0.25, 0.3) is 10.9 Å². The van der Waals surface area contributed by atoms with Gasteiger partial charge in [0.25, 0.3) is 5.91 Å². The zero-order valence-electron chi connectivity index (χ0n) is 13.8. The van der Waals surface area contributed by atoms with Crippen molar-refractivity contribution in [3.8, 4) is 0 Å². The third-order valence-electron chi connectivity index (χ3n) is 5.80. The molecule has 126 valence electrons. The van der Waals surface area contributed by atoms with E-state index in [9.17, 15) is 14.0 Å². The number of hydrogen-bond acceptors (Lipinski definition) is 2. The second kappa shape index (κ2) is 5.06. The number of nitrogens with one attached hydrogen (secondary N) is 1. The molecular formula is C18H20FN3O2. The molecule has 2 fully saturated rings. The van der Waals surface area contributed by atoms with Gasteiger partial charge >= 0.3 is 0 Å². The summed E-state index contributed by atoms with van der Waals surface area (Å²) in [5.41, 5.74) is 0.791. The Morgan fingerprint density at radius 1 is 1.38 bits per heavy atom. The van der Waals surface area contributed by atoms with Crippen LogP contribution in [0.5, 0.6) is 0 Å². The van der Waals surface area contributed by atoms with Gasteiger partial charge in [0.1, 0.15) is 11.5 Å². The number of hydrogen-bond donors (Lipinski definition) is 1. The van der Waals surface area contributed by atoms with Crippen molar-refractivity contribution in [2.45, 2.75) is 37.8 Å². The minimum absolute atomic E-state index is 0.0239. The quantitative estimate of drug-likeness (QED) is 0.874. The molecule has 2 atom stereocenters. The van der Waals surface area contributed by atoms with Crippen molar-refractivity contribution in [1.82, 2.24) is 14.8 Å². The van der Waals surface area contributed by atoms with Crippen molar-refractivity contribution in [1.29, 1.82) is 0 Å². The standard InChI is InChI=1S/C18H20FN3O2/c1-18-7-8-22(15(18)5-6-16(23)21(18)2)17(24)14-9-11-3-4-12(19)10-13(11)20-14/h3-4,9-10,15,20H,5-8H2,1-2H3/t15-,18-/m0/s1. The maximum atomic E-state index is 13.3. The number of carbonyl (C=O) groups is 2. The largest absolute Gasteiger partial charge is 0.350 e. The summed E-state index contributed by atoms with van der Waals surface area (Å²) in [5, 5.41) is 0.817. The molecule has 0 saturated carbocycles. The monoisotopic (exact) mass is 329 g/mol. The van der Waals surface area contributed by atoms with Crippen LogP contribution in [0, 0.1) is 5.82 Å². The first-order chi connectivity index (χ1) is 11.4. The van der Waals surface area contributed by atoms with Gasteiger partial charge in [-0.25, -0.2) is 4.39 Å². The highest BCUT2D eigenvalue weighted by molar-refractivity contribution is 5.98. The molecule has 2 aliphatic rings. The summed E-state index contributed by atoms with van der Waals surface area (Å²) in [5.74, 6) is -0.267. The Morgan fingerprint density at radius 2 is 2.17 bits per heavy atom. The second-order valence-electron chi connectivity index (χ2n) is 7.03. The average Bonchev–Trinajstić information content (AvgIpc) is 3.12. The van der Waals surface area contributed by atoms with E-state index in [-0.39, 0.29) is 29.2 Å². The molecule has 1 aromatic carbocycles. The van der Waals surface area contributed by atoms with Gasteiger partial charge in [0, 0.05) is 30.9 Å². The second-order valence-corrected chi connectivity index (χ2v) is 7.03. The lowest BCUT2D eigenvalue weighted by Gasteiger charge is -2.45. The summed E-state index contributed by atoms with van der Waals surface area (Å²) in [6.07, 6.45) is 1.94. The molecule has 0 radical (unpaired) electrons. The van der Waals surface area contributed by atoms with Gasteiger partial charge in [-0.1, -0.05) is 0 Å². The molecule has 0 bridgehead atoms. The molecule has 2 aliphatic heterocycles. The maximum Gasteiger partial charge on any atom is 0.270 e. The first kappa shape index (κ1) is 15.2. The molecule has 1 N–H and O–H groups in total. The molecule has 0 aliphatic carbocycles. The van der Waals surface area contributed by atoms with Crippen LogP contribution in [0.2, 0.25) is 0 Å². The first-order valence-electron chi connectivity index (χ1n) is 8.26. The zero-order valence-corrected chi connectivity index (χ0v) is 13.8. The number of aromatic nitrogens is 1. The Kier molecular flexibility index (Phi) is 3.20. The molecule has 0 unspecified atom stereocenters. The molecule has 2 saturated heterocycles. The summed E-state index contributed by atoms with van der Waals surface area (Å²) in [4.78, 5) is 31.7. The zero-order chi connectivity index (χ0) is 17.1. The number of fused-ring (bicyclic) bond motifs is 2. The van der Waals surface area contributed by atoms with Gasteiger partial charge in [-0.15, -0.1) is 0 Å². The van der Waals surface area contributed by atoms with E-state index in [1.807, 2.05) is 11.9 Å². The van der Waals surface area contributed by atoms with Crippen molar-refractivity contribution in [3.63, 3.8) is 0 Å². The van der Waals surface area contributed by atoms with Crippen molar-refractivity contribution >= 4 is 22.7 Å². The predicted octanol–water partition coefficient (Wildman–Crippen LogP) is 2.53. The number of rotatable bonds is 1. The lowest BCUT2D eigenvalue weighted by Crippen LogP contribution is -2.59. The number of aromatic amines is 1. The third kappa shape index (κ3) is 2.05. The van der Waals surface area contributed by atoms with Crippen molar-refractivity contribution in [2.75, 3.05) is 13.6 Å². The van der Waals surface area contributed by atoms with Crippen molar-refractivity contribution in [2.24, 2.45) is 0 Å². The Morgan fingerprint density at radius 3 is 2.96 bits per heavy atom. The van der Waals surface area contributed by atoms with E-state index in [1.54, 1.807) is 17.0 Å². The highest BCUT2D eigenvalue weighted by Gasteiger charge is 2.52. The SMILES string of the molecule is CN1C(=O)CC[C@@H]2N(C(=O)c3cc4ccc(F)cc4[nH]3)CC[C@@]21C. The van der Waals surface area contributed by atoms with Gasteiger partial charge in [0.05, 0.1) is 11.6 Å². The number of H-pyrrole nitrogens is 1. The van der Waals surface area contributed by atoms with Crippen molar-refractivity contribution in [3.05, 3.63) is 35.8 Å². The summed E-state index contributed by atoms with van der Waals surface area (Å²) in [6.45, 7) is 2.68. The average molecular weight is 329 g/mol. The van der Waals surface area contributed by atoms with E-state index < -0.39 is 0 Å². The number of amides is 2. The fourth-order valence-corrected chi connectivity index (χ4v) is 4.19. The van der Waals surface area contributed by atoms with Gasteiger partial charge in [-0.3, -0.25) is 9.59 Å². The molecule has 2 amide bonds. The molecule has 6 heteroatoms. The highest BCUT2D eigenvalue weighted by atomic mass is 19.1. The van der Waals surface area contributed by atoms with Gasteiger partial charge < -0.3 is 14.8 Å². The fourth-order valence-electron chi connectivity index (χ4n) is 4.19. The van der Waals surface area contributed by atoms with E-state index in [1.165, 1.54) is 12.1 Å². The predicted molar refractivity (Wildman–Crippen MR) is 88.1 cm³/mol. The third-order valence-corrected chi connectivity index (χ3v) is 5.80. The lowest BCUT2D eigenvalue weighted by atomic mass is 9.84. The van der Waals surface area contributed by atoms with Crippen LogP contribution >= 0.6 is 0 Å². The Bertz CT molecular complexity index is 846. The lowest BCUT2D eigenvalue weighted by molar-refractivity contribution is -0.140. The smallest absolute Gasteiger partial charge is 0.270 e. The normalized spacial score (nSPS) is 27.0. The molecular weight excluding hydrogens is 309 g/mol. The Hall–Kier alpha value is -2.37. The summed E-state index contributed by atoms with van der Waals surface area (Å²) < 4.78 is 13.3. The van der Waals surface area contributed by atoms with Crippen LogP contribution < -0.4 is 0 Å². The molecule has 2 aromatic rings. The number of piperidine rings is 1. The van der Waals surface area contributed by atoms with Gasteiger partial charge in [-0.2, -0.15) is 0 Å². The minimum atomic E-state index is -0.329. The topological polar surface area (TPSA) is 56.4 Å². The van der Waals surface area contributed by atoms with Crippen LogP contribution in [0.15, 0.2) is 24.3 Å². The molecule has 0 spiro atoms. The molecule has 5 nitrogen and oxygen atoms in total. The van der Waals surface area contributed by atoms with Crippen LogP contribution in [0.3, 0.4) is 0 Å². The molecule has 4 rings (SSSR count). The summed E-state index contributed by atoms with van der Waals surface area (Å²) >= 11 is 0. The van der Waals surface area contributed by atoms with Crippen molar-refractivity contribution < 1.29 is 14.0 Å². The van der Waals surface area contributed by atoms with Crippen LogP contribution in [-0.4, -0.2) is 51.8 Å². The van der Waals surface area contributed by atoms with E-state index in [0.29, 0.717) is 30.6 Å². The number of nitrogens with zero attached hydrogens (tertiary/aromatic N) is 2. The van der Waals surface area contributed by atoms with E-state index in [2.05, 4.69) is 11.9 Å². The van der Waals surface area contributed by atoms with E-state index in [4.69, 9.17) is 0 Å². The van der Waals surface area contributed by atoms with Crippen LogP contribution in [-0.2, 0) is 4.79 Å². The summed E-state index contributed by atoms with van der Waals surface area (Å²) in [7, 11) is 1.83. The molecule has 3 heterocycles. The number of carbonyl (C=O) groups excluding carboxylic acids is 2. The van der Waals surface area contributed by atoms with Gasteiger partial charge in [0.15, 0.2) is 0 Å². The minimum Gasteiger partial charge on any atom is -0.350 e. The molecule has 1 aromatic heterocycles. The number of likely N-dealkylation sites (tertiary alicyclic amines) is 2. The van der Waals surface area contributed by atoms with Crippen LogP contribution in [0.1, 0.15) is 36.7 Å². The highest BCUT2D eigenvalue weighted by Crippen LogP contribution is 2.40. The van der Waals surface area contributed by atoms with Gasteiger partial charge in [0.2, 0.25) is 5.91 Å². The van der Waals surface area contributed by atoms with Crippen LogP contribution in [0.4, 0.5) is 4.39 Å². The summed E-state index contributed by atoms with van der Waals surface area (Å²) in [6, 6.07) is 6.24. The van der Waals surface area contributed by atoms with E-state index >= 15 is 0 Å². The number of benzene rings is 1. The number of likely N-dealkylation sites (N-methyl/N-ethyl adjacent to an activating group) is 1. The van der Waals surface area contributed by atoms with Gasteiger partial charge in [-0.05, 0) is 44.0 Å². The first-order valence-corrected chi connectivity index (χ1v) is 8.26. The van der Waals surface area contributed by atoms with E-state index in [0.717, 1.165) is 11.8 Å². The Balaban J connectivity index is 1.66. The number of halogens is 1.